The molecule has 0 aromatic heterocycles. The number of likely N-dealkylation sites (N-methyl/N-ethyl adjacent to an activating group) is 1. The molecule has 1 aliphatic rings. The minimum atomic E-state index is -0.503. The van der Waals surface area contributed by atoms with Crippen molar-refractivity contribution in [3.63, 3.8) is 0 Å². The van der Waals surface area contributed by atoms with E-state index in [1.807, 2.05) is 0 Å². The van der Waals surface area contributed by atoms with Crippen LogP contribution in [-0.4, -0.2) is 17.2 Å². The highest BCUT2D eigenvalue weighted by molar-refractivity contribution is 7.74. The Labute approximate surface area is 128 Å². The van der Waals surface area contributed by atoms with E-state index in [4.69, 9.17) is 0 Å². The van der Waals surface area contributed by atoms with E-state index >= 15 is 0 Å². The molecule has 2 aromatic carbocycles. The van der Waals surface area contributed by atoms with Crippen LogP contribution in [0.3, 0.4) is 0 Å². The Balaban J connectivity index is 2.14. The molecule has 0 saturated heterocycles. The maximum Gasteiger partial charge on any atom is 0.0827 e. The number of benzene rings is 2. The first kappa shape index (κ1) is 14.1. The third-order valence-electron chi connectivity index (χ3n) is 4.03. The molecular weight excluding hydrogens is 273 g/mol. The summed E-state index contributed by atoms with van der Waals surface area (Å²) in [6, 6.07) is 21.7. The smallest absolute Gasteiger partial charge is 0.0827 e. The third kappa shape index (κ3) is 2.66. The Morgan fingerprint density at radius 1 is 0.810 bits per heavy atom. The van der Waals surface area contributed by atoms with E-state index in [0.717, 1.165) is 0 Å². The average molecular weight is 293 g/mol. The van der Waals surface area contributed by atoms with Crippen LogP contribution in [0.5, 0.6) is 0 Å². The number of hydrogen-bond donors (Lipinski definition) is 0. The van der Waals surface area contributed by atoms with Gasteiger partial charge in [0.05, 0.1) is 5.28 Å². The van der Waals surface area contributed by atoms with Gasteiger partial charge in [0.15, 0.2) is 0 Å². The summed E-state index contributed by atoms with van der Waals surface area (Å²) in [5, 5.41) is 2.81. The van der Waals surface area contributed by atoms with Crippen LogP contribution < -0.4 is 10.6 Å². The first-order chi connectivity index (χ1) is 10.2. The van der Waals surface area contributed by atoms with Gasteiger partial charge >= 0.3 is 0 Å². The summed E-state index contributed by atoms with van der Waals surface area (Å²) in [5.74, 6) is 0. The second kappa shape index (κ2) is 5.87. The Hall–Kier alpha value is -1.85. The van der Waals surface area contributed by atoms with Gasteiger partial charge in [0.25, 0.3) is 0 Å². The molecule has 0 fully saturated rings. The molecule has 1 nitrogen and oxygen atoms in total. The van der Waals surface area contributed by atoms with Crippen LogP contribution >= 0.6 is 7.92 Å². The summed E-state index contributed by atoms with van der Waals surface area (Å²) in [7, 11) is 1.67. The molecule has 0 spiro atoms. The van der Waals surface area contributed by atoms with Gasteiger partial charge in [0, 0.05) is 7.05 Å². The molecule has 0 amide bonds. The van der Waals surface area contributed by atoms with Crippen molar-refractivity contribution in [1.29, 1.82) is 0 Å². The molecule has 0 aliphatic carbocycles. The van der Waals surface area contributed by atoms with Gasteiger partial charge in [0.1, 0.15) is 0 Å². The first-order valence-electron chi connectivity index (χ1n) is 7.21. The molecule has 0 radical (unpaired) electrons. The number of allylic oxidation sites excluding steroid dienone is 2. The lowest BCUT2D eigenvalue weighted by atomic mass is 10.2. The molecule has 1 unspecified atom stereocenters. The van der Waals surface area contributed by atoms with Crippen molar-refractivity contribution in [2.24, 2.45) is 0 Å². The molecule has 1 heterocycles. The second-order valence-corrected chi connectivity index (χ2v) is 8.02. The van der Waals surface area contributed by atoms with E-state index < -0.39 is 7.92 Å². The van der Waals surface area contributed by atoms with E-state index in [1.54, 1.807) is 0 Å². The van der Waals surface area contributed by atoms with Gasteiger partial charge in [-0.1, -0.05) is 72.8 Å². The van der Waals surface area contributed by atoms with Gasteiger partial charge in [-0.25, -0.2) is 0 Å². The van der Waals surface area contributed by atoms with Crippen molar-refractivity contribution in [2.75, 3.05) is 7.05 Å². The van der Waals surface area contributed by atoms with Crippen molar-refractivity contribution in [2.45, 2.75) is 12.2 Å². The standard InChI is InChI=1S/C19H20NP/c1-19(15-9-10-16-20(19)2)21(17-11-5-3-6-12-17)18-13-7-4-8-14-18/h3-16H,1-2H3. The fourth-order valence-electron chi connectivity index (χ4n) is 2.74. The molecule has 3 rings (SSSR count). The Kier molecular flexibility index (Phi) is 3.94. The minimum absolute atomic E-state index is 0.00715. The lowest BCUT2D eigenvalue weighted by Gasteiger charge is -2.44. The fraction of sp³-hybridized carbons (Fsp3) is 0.158. The monoisotopic (exact) mass is 293 g/mol. The summed E-state index contributed by atoms with van der Waals surface area (Å²) >= 11 is 0. The largest absolute Gasteiger partial charge is 0.367 e. The normalized spacial score (nSPS) is 21.0. The zero-order valence-corrected chi connectivity index (χ0v) is 13.4. The van der Waals surface area contributed by atoms with E-state index in [0.29, 0.717) is 0 Å². The van der Waals surface area contributed by atoms with E-state index in [9.17, 15) is 0 Å². The molecule has 2 heteroatoms. The quantitative estimate of drug-likeness (QED) is 0.777. The van der Waals surface area contributed by atoms with Gasteiger partial charge in [-0.05, 0) is 37.7 Å². The molecule has 0 bridgehead atoms. The molecule has 1 aliphatic heterocycles. The molecule has 2 aromatic rings. The lowest BCUT2D eigenvalue weighted by molar-refractivity contribution is 0.362. The van der Waals surface area contributed by atoms with Crippen molar-refractivity contribution >= 4 is 18.5 Å². The zero-order valence-electron chi connectivity index (χ0n) is 12.5. The van der Waals surface area contributed by atoms with Gasteiger partial charge in [-0.3, -0.25) is 0 Å². The van der Waals surface area contributed by atoms with Crippen molar-refractivity contribution in [3.8, 4) is 0 Å². The fourth-order valence-corrected chi connectivity index (χ4v) is 5.64. The van der Waals surface area contributed by atoms with E-state index in [2.05, 4.69) is 104 Å². The van der Waals surface area contributed by atoms with Crippen LogP contribution in [0.25, 0.3) is 0 Å². The molecule has 1 atom stereocenters. The highest BCUT2D eigenvalue weighted by atomic mass is 31.1. The predicted molar refractivity (Wildman–Crippen MR) is 93.5 cm³/mol. The Bertz CT molecular complexity index is 608. The van der Waals surface area contributed by atoms with Crippen LogP contribution in [0.4, 0.5) is 0 Å². The molecule has 0 saturated carbocycles. The number of hydrogen-bond acceptors (Lipinski definition) is 1. The number of nitrogens with zero attached hydrogens (tertiary/aromatic N) is 1. The molecule has 21 heavy (non-hydrogen) atoms. The third-order valence-corrected chi connectivity index (χ3v) is 7.03. The van der Waals surface area contributed by atoms with Crippen LogP contribution in [0.15, 0.2) is 85.1 Å². The van der Waals surface area contributed by atoms with Gasteiger partial charge in [0.2, 0.25) is 0 Å². The van der Waals surface area contributed by atoms with Gasteiger partial charge in [-0.2, -0.15) is 0 Å². The molecular formula is C19H20NP. The van der Waals surface area contributed by atoms with Crippen molar-refractivity contribution < 1.29 is 0 Å². The Morgan fingerprint density at radius 3 is 1.81 bits per heavy atom. The average Bonchev–Trinajstić information content (AvgIpc) is 2.53. The summed E-state index contributed by atoms with van der Waals surface area (Å²) in [6.07, 6.45) is 8.77. The molecule has 106 valence electrons. The number of rotatable bonds is 3. The van der Waals surface area contributed by atoms with Crippen LogP contribution in [0, 0.1) is 0 Å². The highest BCUT2D eigenvalue weighted by Gasteiger charge is 2.37. The Morgan fingerprint density at radius 2 is 1.33 bits per heavy atom. The topological polar surface area (TPSA) is 3.24 Å². The van der Waals surface area contributed by atoms with Crippen LogP contribution in [0.1, 0.15) is 6.92 Å². The predicted octanol–water partition coefficient (Wildman–Crippen LogP) is 3.85. The highest BCUT2D eigenvalue weighted by Crippen LogP contribution is 2.51. The first-order valence-corrected chi connectivity index (χ1v) is 8.55. The van der Waals surface area contributed by atoms with Gasteiger partial charge in [-0.15, -0.1) is 0 Å². The molecule has 0 N–H and O–H groups in total. The maximum absolute atomic E-state index is 2.33. The lowest BCUT2D eigenvalue weighted by Crippen LogP contribution is -2.43. The summed E-state index contributed by atoms with van der Waals surface area (Å²) < 4.78 is 0. The SMILES string of the molecule is CN1C=CC=CC1(C)P(c1ccccc1)c1ccccc1. The van der Waals surface area contributed by atoms with Crippen LogP contribution in [-0.2, 0) is 0 Å². The summed E-state index contributed by atoms with van der Waals surface area (Å²) in [6.45, 7) is 2.33. The second-order valence-electron chi connectivity index (χ2n) is 5.41. The zero-order chi connectivity index (χ0) is 14.7. The summed E-state index contributed by atoms with van der Waals surface area (Å²) in [4.78, 5) is 2.33. The summed E-state index contributed by atoms with van der Waals surface area (Å²) in [5.41, 5.74) is 0. The van der Waals surface area contributed by atoms with E-state index in [1.165, 1.54) is 10.6 Å². The van der Waals surface area contributed by atoms with Crippen molar-refractivity contribution in [3.05, 3.63) is 85.1 Å². The van der Waals surface area contributed by atoms with E-state index in [-0.39, 0.29) is 5.28 Å². The minimum Gasteiger partial charge on any atom is -0.367 e. The maximum atomic E-state index is 2.33. The van der Waals surface area contributed by atoms with Gasteiger partial charge < -0.3 is 4.90 Å². The van der Waals surface area contributed by atoms with Crippen molar-refractivity contribution in [1.82, 2.24) is 4.90 Å². The van der Waals surface area contributed by atoms with Crippen LogP contribution in [0.2, 0.25) is 0 Å².